The molecule has 1 atom stereocenters. The largest absolute Gasteiger partial charge is 0.349 e. The number of hydrogen-bond acceptors (Lipinski definition) is 3. The molecule has 0 aliphatic carbocycles. The van der Waals surface area contributed by atoms with E-state index in [9.17, 15) is 4.79 Å². The van der Waals surface area contributed by atoms with Crippen molar-refractivity contribution in [2.45, 2.75) is 9.79 Å². The molecular weight excluding hydrogens is 320 g/mol. The highest BCUT2D eigenvalue weighted by Gasteiger charge is 2.19. The molecule has 1 N–H and O–H groups in total. The van der Waals surface area contributed by atoms with Crippen molar-refractivity contribution >= 4 is 16.5 Å². The van der Waals surface area contributed by atoms with E-state index in [1.165, 1.54) is 20.6 Å². The van der Waals surface area contributed by atoms with Gasteiger partial charge in [-0.1, -0.05) is 18.2 Å². The van der Waals surface area contributed by atoms with Crippen molar-refractivity contribution in [3.63, 3.8) is 0 Å². The fourth-order valence-corrected chi connectivity index (χ4v) is 4.01. The monoisotopic (exact) mass is 335 g/mol. The Balaban J connectivity index is 1.71. The van der Waals surface area contributed by atoms with Gasteiger partial charge in [-0.2, -0.15) is 9.61 Å². The van der Waals surface area contributed by atoms with Crippen molar-refractivity contribution in [3.8, 4) is 11.1 Å². The Bertz CT molecular complexity index is 1040. The summed E-state index contributed by atoms with van der Waals surface area (Å²) in [5.41, 5.74) is 2.12. The van der Waals surface area contributed by atoms with E-state index in [0.29, 0.717) is 5.65 Å². The number of benzene rings is 2. The second-order valence-corrected chi connectivity index (χ2v) is 7.31. The van der Waals surface area contributed by atoms with E-state index in [1.807, 2.05) is 6.07 Å². The van der Waals surface area contributed by atoms with Crippen LogP contribution < -0.4 is 5.69 Å². The average molecular weight is 335 g/mol. The first kappa shape index (κ1) is 14.7. The van der Waals surface area contributed by atoms with Crippen LogP contribution in [-0.4, -0.2) is 25.8 Å². The summed E-state index contributed by atoms with van der Waals surface area (Å²) in [5, 5.41) is 4.11. The van der Waals surface area contributed by atoms with Crippen LogP contribution in [0.25, 0.3) is 16.8 Å². The van der Waals surface area contributed by atoms with E-state index < -0.39 is 0 Å². The topological polar surface area (TPSA) is 63.1 Å². The van der Waals surface area contributed by atoms with Crippen molar-refractivity contribution in [1.82, 2.24) is 19.6 Å². The molecule has 24 heavy (non-hydrogen) atoms. The number of aromatic amines is 1. The lowest BCUT2D eigenvalue weighted by molar-refractivity contribution is 0.840. The fourth-order valence-electron chi connectivity index (χ4n) is 2.63. The average Bonchev–Trinajstić information content (AvgIpc) is 3.07. The maximum Gasteiger partial charge on any atom is 0.349 e. The van der Waals surface area contributed by atoms with Gasteiger partial charge in [-0.15, -0.1) is 0 Å². The molecule has 4 aromatic rings. The van der Waals surface area contributed by atoms with Gasteiger partial charge in [-0.05, 0) is 42.0 Å². The number of rotatable bonds is 3. The smallest absolute Gasteiger partial charge is 0.296 e. The van der Waals surface area contributed by atoms with Gasteiger partial charge in [0, 0.05) is 5.56 Å². The lowest BCUT2D eigenvalue weighted by Gasteiger charge is -2.04. The molecule has 5 nitrogen and oxygen atoms in total. The number of aromatic nitrogens is 4. The van der Waals surface area contributed by atoms with Crippen LogP contribution in [-0.2, 0) is 10.9 Å². The summed E-state index contributed by atoms with van der Waals surface area (Å²) in [6, 6.07) is 18.8. The van der Waals surface area contributed by atoms with Gasteiger partial charge in [0.25, 0.3) is 0 Å². The summed E-state index contributed by atoms with van der Waals surface area (Å²) in [6.07, 6.45) is 5.30. The van der Waals surface area contributed by atoms with Crippen LogP contribution in [0.2, 0.25) is 0 Å². The van der Waals surface area contributed by atoms with E-state index in [-0.39, 0.29) is 16.6 Å². The first-order chi connectivity index (χ1) is 11.7. The molecule has 0 aliphatic rings. The molecule has 0 bridgehead atoms. The standard InChI is InChI=1S/C18H14N4OS/c1-24(14-5-3-2-4-6-14)15-9-7-13(8-10-15)16-11-21-22-17(16)19-12-20-18(22)23/h2-12H,1H3/p+1. The Kier molecular flexibility index (Phi) is 3.66. The van der Waals surface area contributed by atoms with Gasteiger partial charge in [0.15, 0.2) is 15.4 Å². The minimum atomic E-state index is -0.290. The second kappa shape index (κ2) is 5.98. The number of nitrogens with zero attached hydrogens (tertiary/aromatic N) is 3. The molecule has 0 saturated heterocycles. The summed E-state index contributed by atoms with van der Waals surface area (Å²) in [6.45, 7) is 0. The van der Waals surface area contributed by atoms with Gasteiger partial charge in [-0.3, -0.25) is 4.98 Å². The minimum Gasteiger partial charge on any atom is -0.296 e. The molecule has 2 heterocycles. The molecule has 6 heteroatoms. The molecule has 0 aliphatic heterocycles. The predicted octanol–water partition coefficient (Wildman–Crippen LogP) is 2.75. The van der Waals surface area contributed by atoms with Crippen molar-refractivity contribution in [2.24, 2.45) is 0 Å². The highest BCUT2D eigenvalue weighted by Crippen LogP contribution is 2.26. The van der Waals surface area contributed by atoms with Crippen LogP contribution in [0.1, 0.15) is 0 Å². The minimum absolute atomic E-state index is 0.0259. The normalized spacial score (nSPS) is 12.4. The molecule has 1 unspecified atom stereocenters. The van der Waals surface area contributed by atoms with Crippen molar-refractivity contribution < 1.29 is 0 Å². The fraction of sp³-hybridized carbons (Fsp3) is 0.0556. The van der Waals surface area contributed by atoms with Crippen molar-refractivity contribution in [2.75, 3.05) is 6.26 Å². The molecule has 0 fully saturated rings. The summed E-state index contributed by atoms with van der Waals surface area (Å²) < 4.78 is 1.28. The van der Waals surface area contributed by atoms with Gasteiger partial charge in [0.2, 0.25) is 0 Å². The van der Waals surface area contributed by atoms with Crippen LogP contribution in [0, 0.1) is 0 Å². The van der Waals surface area contributed by atoms with Crippen molar-refractivity contribution in [1.29, 1.82) is 0 Å². The zero-order valence-corrected chi connectivity index (χ0v) is 13.8. The Morgan fingerprint density at radius 1 is 1.00 bits per heavy atom. The van der Waals surface area contributed by atoms with Crippen molar-refractivity contribution in [3.05, 3.63) is 77.6 Å². The Morgan fingerprint density at radius 3 is 2.46 bits per heavy atom. The lowest BCUT2D eigenvalue weighted by atomic mass is 10.1. The first-order valence-electron chi connectivity index (χ1n) is 7.47. The SMILES string of the molecule is C[S+](c1ccccc1)c1ccc(-c2cnn3c(=O)[nH]cnc23)cc1. The lowest BCUT2D eigenvalue weighted by Crippen LogP contribution is -2.17. The molecule has 0 amide bonds. The highest BCUT2D eigenvalue weighted by molar-refractivity contribution is 7.96. The Labute approximate surface area is 141 Å². The molecule has 2 aromatic carbocycles. The molecule has 0 radical (unpaired) electrons. The van der Waals surface area contributed by atoms with Gasteiger partial charge in [0.05, 0.1) is 23.4 Å². The molecule has 0 spiro atoms. The van der Waals surface area contributed by atoms with Crippen LogP contribution in [0.15, 0.2) is 81.7 Å². The number of H-pyrrole nitrogens is 1. The second-order valence-electron chi connectivity index (χ2n) is 5.35. The molecule has 2 aromatic heterocycles. The first-order valence-corrected chi connectivity index (χ1v) is 9.10. The van der Waals surface area contributed by atoms with E-state index in [1.54, 1.807) is 6.20 Å². The highest BCUT2D eigenvalue weighted by atomic mass is 32.2. The molecule has 0 saturated carbocycles. The van der Waals surface area contributed by atoms with Crippen LogP contribution >= 0.6 is 0 Å². The third kappa shape index (κ3) is 2.51. The molecule has 118 valence electrons. The van der Waals surface area contributed by atoms with E-state index in [4.69, 9.17) is 0 Å². The van der Waals surface area contributed by atoms with Gasteiger partial charge in [0.1, 0.15) is 6.26 Å². The number of hydrogen-bond donors (Lipinski definition) is 1. The van der Waals surface area contributed by atoms with Gasteiger partial charge < -0.3 is 0 Å². The zero-order valence-electron chi connectivity index (χ0n) is 13.0. The summed E-state index contributed by atoms with van der Waals surface area (Å²) in [5.74, 6) is 0. The Morgan fingerprint density at radius 2 is 1.71 bits per heavy atom. The summed E-state index contributed by atoms with van der Waals surface area (Å²) in [4.78, 5) is 21.1. The number of nitrogens with one attached hydrogen (secondary N) is 1. The summed E-state index contributed by atoms with van der Waals surface area (Å²) in [7, 11) is 0.0259. The predicted molar refractivity (Wildman–Crippen MR) is 95.3 cm³/mol. The van der Waals surface area contributed by atoms with E-state index in [0.717, 1.165) is 11.1 Å². The van der Waals surface area contributed by atoms with Crippen LogP contribution in [0.5, 0.6) is 0 Å². The van der Waals surface area contributed by atoms with Gasteiger partial charge in [-0.25, -0.2) is 9.78 Å². The maximum absolute atomic E-state index is 11.7. The number of fused-ring (bicyclic) bond motifs is 1. The zero-order chi connectivity index (χ0) is 16.5. The summed E-state index contributed by atoms with van der Waals surface area (Å²) >= 11 is 0. The van der Waals surface area contributed by atoms with Crippen LogP contribution in [0.4, 0.5) is 0 Å². The quantitative estimate of drug-likeness (QED) is 0.586. The maximum atomic E-state index is 11.7. The molecule has 4 rings (SSSR count). The molecular formula is C18H15N4OS+. The third-order valence-corrected chi connectivity index (χ3v) is 5.89. The van der Waals surface area contributed by atoms with Gasteiger partial charge >= 0.3 is 5.69 Å². The Hall–Kier alpha value is -2.86. The third-order valence-electron chi connectivity index (χ3n) is 3.93. The van der Waals surface area contributed by atoms with E-state index in [2.05, 4.69) is 69.9 Å². The van der Waals surface area contributed by atoms with E-state index >= 15 is 0 Å². The van der Waals surface area contributed by atoms with Crippen LogP contribution in [0.3, 0.4) is 0 Å².